The summed E-state index contributed by atoms with van der Waals surface area (Å²) in [6.07, 6.45) is 2.21. The average molecular weight is 260 g/mol. The fourth-order valence-electron chi connectivity index (χ4n) is 2.12. The largest absolute Gasteiger partial charge is 0.340 e. The van der Waals surface area contributed by atoms with Gasteiger partial charge < -0.3 is 15.1 Å². The number of nitrogens with zero attached hydrogens (tertiary/aromatic N) is 2. The Labute approximate surface area is 113 Å². The van der Waals surface area contributed by atoms with Crippen molar-refractivity contribution >= 4 is 18.0 Å². The zero-order valence-corrected chi connectivity index (χ0v) is 10.8. The molecule has 0 saturated carbocycles. The maximum atomic E-state index is 12.0. The number of para-hydroxylation sites is 1. The second-order valence-electron chi connectivity index (χ2n) is 4.46. The van der Waals surface area contributed by atoms with Gasteiger partial charge in [-0.05, 0) is 12.1 Å². The van der Waals surface area contributed by atoms with Crippen LogP contribution in [0.4, 0.5) is 5.69 Å². The Morgan fingerprint density at radius 1 is 1.26 bits per heavy atom. The fraction of sp³-hybridized carbons (Fsp3) is 0.429. The molecule has 1 heterocycles. The van der Waals surface area contributed by atoms with E-state index in [0.717, 1.165) is 31.9 Å². The summed E-state index contributed by atoms with van der Waals surface area (Å²) in [5, 5.41) is 3.20. The van der Waals surface area contributed by atoms with E-state index >= 15 is 0 Å². The fourth-order valence-corrected chi connectivity index (χ4v) is 2.12. The van der Waals surface area contributed by atoms with Gasteiger partial charge in [0.05, 0.1) is 0 Å². The van der Waals surface area contributed by atoms with Gasteiger partial charge in [0.15, 0.2) is 0 Å². The number of carbonyl (C=O) groups is 1. The molecule has 0 aromatic heterocycles. The second kappa shape index (κ2) is 6.89. The Morgan fingerprint density at radius 2 is 1.95 bits per heavy atom. The van der Waals surface area contributed by atoms with Gasteiger partial charge in [0, 0.05) is 44.8 Å². The van der Waals surface area contributed by atoms with Crippen LogP contribution in [0.5, 0.6) is 0 Å². The predicted octanol–water partition coefficient (Wildman–Crippen LogP) is 0.382. The number of benzene rings is 1. The standard InChI is InChI=1S/C14H18N3O2/c18-12-17(13-4-2-1-3-5-13)9-6-14(19)16-10-7-15-8-11-16/h1-5,15H,6-11H2. The molecule has 1 N–H and O–H groups in total. The molecule has 1 radical (unpaired) electrons. The zero-order chi connectivity index (χ0) is 13.5. The van der Waals surface area contributed by atoms with E-state index in [1.807, 2.05) is 41.6 Å². The maximum Gasteiger partial charge on any atom is 0.316 e. The molecule has 0 aliphatic carbocycles. The Hall–Kier alpha value is -1.88. The van der Waals surface area contributed by atoms with Gasteiger partial charge in [-0.15, -0.1) is 0 Å². The van der Waals surface area contributed by atoms with Crippen LogP contribution in [0.3, 0.4) is 0 Å². The molecule has 1 aliphatic rings. The van der Waals surface area contributed by atoms with Gasteiger partial charge >= 0.3 is 6.41 Å². The van der Waals surface area contributed by atoms with E-state index in [-0.39, 0.29) is 5.91 Å². The summed E-state index contributed by atoms with van der Waals surface area (Å²) in [6.45, 7) is 3.54. The van der Waals surface area contributed by atoms with Crippen molar-refractivity contribution in [2.45, 2.75) is 6.42 Å². The Kier molecular flexibility index (Phi) is 4.92. The highest BCUT2D eigenvalue weighted by Crippen LogP contribution is 2.12. The molecular formula is C14H18N3O2. The van der Waals surface area contributed by atoms with Crippen LogP contribution in [-0.4, -0.2) is 49.9 Å². The van der Waals surface area contributed by atoms with Crippen LogP contribution in [-0.2, 0) is 9.59 Å². The van der Waals surface area contributed by atoms with Crippen LogP contribution in [0.2, 0.25) is 0 Å². The predicted molar refractivity (Wildman–Crippen MR) is 73.5 cm³/mol. The number of carbonyl (C=O) groups excluding carboxylic acids is 2. The topological polar surface area (TPSA) is 52.7 Å². The lowest BCUT2D eigenvalue weighted by Gasteiger charge is -2.28. The lowest BCUT2D eigenvalue weighted by molar-refractivity contribution is -0.131. The summed E-state index contributed by atoms with van der Waals surface area (Å²) in [7, 11) is 0. The molecule has 0 spiro atoms. The molecule has 5 heteroatoms. The molecule has 2 rings (SSSR count). The molecule has 1 fully saturated rings. The van der Waals surface area contributed by atoms with E-state index in [4.69, 9.17) is 0 Å². The van der Waals surface area contributed by atoms with E-state index in [9.17, 15) is 9.59 Å². The Bertz CT molecular complexity index is 416. The Morgan fingerprint density at radius 3 is 2.58 bits per heavy atom. The number of hydrogen-bond acceptors (Lipinski definition) is 3. The third kappa shape index (κ3) is 3.79. The van der Waals surface area contributed by atoms with Gasteiger partial charge in [-0.3, -0.25) is 9.59 Å². The van der Waals surface area contributed by atoms with Crippen molar-refractivity contribution in [2.24, 2.45) is 0 Å². The highest BCUT2D eigenvalue weighted by atomic mass is 16.2. The Balaban J connectivity index is 1.86. The van der Waals surface area contributed by atoms with Crippen molar-refractivity contribution in [3.8, 4) is 0 Å². The first-order valence-corrected chi connectivity index (χ1v) is 6.50. The SMILES string of the molecule is O=[C]N(CCC(=O)N1CCNCC1)c1ccccc1. The minimum atomic E-state index is 0.0951. The second-order valence-corrected chi connectivity index (χ2v) is 4.46. The third-order valence-electron chi connectivity index (χ3n) is 3.20. The third-order valence-corrected chi connectivity index (χ3v) is 3.20. The first-order chi connectivity index (χ1) is 9.31. The summed E-state index contributed by atoms with van der Waals surface area (Å²) in [4.78, 5) is 26.2. The van der Waals surface area contributed by atoms with E-state index in [1.54, 1.807) is 0 Å². The van der Waals surface area contributed by atoms with E-state index in [2.05, 4.69) is 5.32 Å². The van der Waals surface area contributed by atoms with Gasteiger partial charge in [-0.25, -0.2) is 0 Å². The van der Waals surface area contributed by atoms with Gasteiger partial charge in [0.1, 0.15) is 0 Å². The number of rotatable bonds is 5. The molecule has 0 bridgehead atoms. The van der Waals surface area contributed by atoms with Crippen molar-refractivity contribution in [1.82, 2.24) is 10.2 Å². The number of amides is 2. The quantitative estimate of drug-likeness (QED) is 0.779. The average Bonchev–Trinajstić information content (AvgIpc) is 2.49. The summed E-state index contributed by atoms with van der Waals surface area (Å²) in [5.74, 6) is 0.0951. The lowest BCUT2D eigenvalue weighted by atomic mass is 10.2. The molecule has 5 nitrogen and oxygen atoms in total. The highest BCUT2D eigenvalue weighted by Gasteiger charge is 2.17. The van der Waals surface area contributed by atoms with Gasteiger partial charge in [0.2, 0.25) is 5.91 Å². The molecule has 1 saturated heterocycles. The normalized spacial score (nSPS) is 15.1. The smallest absolute Gasteiger partial charge is 0.316 e. The van der Waals surface area contributed by atoms with Crippen LogP contribution in [0.25, 0.3) is 0 Å². The van der Waals surface area contributed by atoms with Crippen LogP contribution in [0.1, 0.15) is 6.42 Å². The number of piperazine rings is 1. The van der Waals surface area contributed by atoms with Crippen molar-refractivity contribution < 1.29 is 9.59 Å². The number of anilines is 1. The van der Waals surface area contributed by atoms with Crippen molar-refractivity contribution in [1.29, 1.82) is 0 Å². The summed E-state index contributed by atoms with van der Waals surface area (Å²) in [5.41, 5.74) is 0.769. The molecule has 0 atom stereocenters. The first-order valence-electron chi connectivity index (χ1n) is 6.50. The molecule has 19 heavy (non-hydrogen) atoms. The van der Waals surface area contributed by atoms with E-state index in [0.29, 0.717) is 13.0 Å². The van der Waals surface area contributed by atoms with Crippen LogP contribution < -0.4 is 10.2 Å². The van der Waals surface area contributed by atoms with Crippen molar-refractivity contribution in [2.75, 3.05) is 37.6 Å². The first kappa shape index (κ1) is 13.5. The minimum Gasteiger partial charge on any atom is -0.340 e. The van der Waals surface area contributed by atoms with Crippen LogP contribution in [0.15, 0.2) is 30.3 Å². The molecule has 2 amide bonds. The lowest BCUT2D eigenvalue weighted by Crippen LogP contribution is -2.47. The monoisotopic (exact) mass is 260 g/mol. The minimum absolute atomic E-state index is 0.0951. The van der Waals surface area contributed by atoms with Gasteiger partial charge in [0.25, 0.3) is 0 Å². The maximum absolute atomic E-state index is 12.0. The van der Waals surface area contributed by atoms with Gasteiger partial charge in [-0.2, -0.15) is 0 Å². The molecule has 101 valence electrons. The molecule has 0 unspecified atom stereocenters. The number of hydrogen-bond donors (Lipinski definition) is 1. The molecular weight excluding hydrogens is 242 g/mol. The van der Waals surface area contributed by atoms with Gasteiger partial charge in [-0.1, -0.05) is 18.2 Å². The van der Waals surface area contributed by atoms with Crippen molar-refractivity contribution in [3.63, 3.8) is 0 Å². The number of nitrogens with one attached hydrogen (secondary N) is 1. The van der Waals surface area contributed by atoms with Crippen LogP contribution in [0, 0.1) is 0 Å². The van der Waals surface area contributed by atoms with E-state index < -0.39 is 0 Å². The molecule has 1 aliphatic heterocycles. The highest BCUT2D eigenvalue weighted by molar-refractivity contribution is 5.80. The summed E-state index contributed by atoms with van der Waals surface area (Å²) >= 11 is 0. The summed E-state index contributed by atoms with van der Waals surface area (Å²) in [6, 6.07) is 9.27. The molecule has 1 aromatic carbocycles. The summed E-state index contributed by atoms with van der Waals surface area (Å²) < 4.78 is 0. The van der Waals surface area contributed by atoms with E-state index in [1.165, 1.54) is 4.90 Å². The van der Waals surface area contributed by atoms with Crippen LogP contribution >= 0.6 is 0 Å². The van der Waals surface area contributed by atoms with Crippen molar-refractivity contribution in [3.05, 3.63) is 30.3 Å². The molecule has 1 aromatic rings. The zero-order valence-electron chi connectivity index (χ0n) is 10.8.